The summed E-state index contributed by atoms with van der Waals surface area (Å²) in [6.07, 6.45) is 0.0496. The van der Waals surface area contributed by atoms with E-state index in [4.69, 9.17) is 33.0 Å². The zero-order valence-corrected chi connectivity index (χ0v) is 17.5. The lowest BCUT2D eigenvalue weighted by Crippen LogP contribution is -2.28. The Morgan fingerprint density at radius 2 is 1.86 bits per heavy atom. The number of halogens is 2. The van der Waals surface area contributed by atoms with Crippen LogP contribution >= 0.6 is 23.2 Å². The van der Waals surface area contributed by atoms with Crippen LogP contribution in [0.2, 0.25) is 10.0 Å². The lowest BCUT2D eigenvalue weighted by molar-refractivity contribution is -0.120. The van der Waals surface area contributed by atoms with Crippen molar-refractivity contribution in [2.75, 3.05) is 20.3 Å². The van der Waals surface area contributed by atoms with Crippen LogP contribution in [0.5, 0.6) is 5.75 Å². The van der Waals surface area contributed by atoms with Crippen LogP contribution in [0.1, 0.15) is 21.6 Å². The van der Waals surface area contributed by atoms with Gasteiger partial charge < -0.3 is 15.2 Å². The predicted octanol–water partition coefficient (Wildman–Crippen LogP) is 3.60. The van der Waals surface area contributed by atoms with Crippen LogP contribution in [0.3, 0.4) is 0 Å². The SMILES string of the molecule is COc1cc2c(CC(=O)NCCO)c(C)n(C(=O)c3ccc(Cl)cc3)c2cc1Cl. The van der Waals surface area contributed by atoms with Crippen molar-refractivity contribution < 1.29 is 19.4 Å². The van der Waals surface area contributed by atoms with Crippen molar-refractivity contribution in [3.63, 3.8) is 0 Å². The number of nitrogens with one attached hydrogen (secondary N) is 1. The molecule has 0 atom stereocenters. The van der Waals surface area contributed by atoms with Crippen molar-refractivity contribution in [2.24, 2.45) is 0 Å². The molecule has 3 rings (SSSR count). The number of fused-ring (bicyclic) bond motifs is 1. The molecule has 2 N–H and O–H groups in total. The molecule has 0 aliphatic carbocycles. The van der Waals surface area contributed by atoms with Gasteiger partial charge in [0, 0.05) is 28.2 Å². The minimum atomic E-state index is -0.257. The molecule has 152 valence electrons. The van der Waals surface area contributed by atoms with Gasteiger partial charge in [0.1, 0.15) is 5.75 Å². The van der Waals surface area contributed by atoms with Crippen molar-refractivity contribution in [3.8, 4) is 5.75 Å². The second kappa shape index (κ2) is 8.86. The average molecular weight is 435 g/mol. The van der Waals surface area contributed by atoms with Crippen LogP contribution in [0.4, 0.5) is 0 Å². The number of nitrogens with zero attached hydrogens (tertiary/aromatic N) is 1. The van der Waals surface area contributed by atoms with E-state index in [1.165, 1.54) is 7.11 Å². The Labute approximate surface area is 178 Å². The van der Waals surface area contributed by atoms with Crippen LogP contribution in [0.25, 0.3) is 10.9 Å². The molecular formula is C21H20Cl2N2O4. The minimum absolute atomic E-state index is 0.0496. The Morgan fingerprint density at radius 1 is 1.17 bits per heavy atom. The molecule has 0 fully saturated rings. The first kappa shape index (κ1) is 21.2. The standard InChI is InChI=1S/C21H20Cl2N2O4/c1-12-15(10-20(27)24-7-8-26)16-9-19(29-2)17(23)11-18(16)25(12)21(28)13-3-5-14(22)6-4-13/h3-6,9,11,26H,7-8,10H2,1-2H3,(H,24,27). The third-order valence-electron chi connectivity index (χ3n) is 4.67. The number of carbonyl (C=O) groups is 2. The molecule has 6 nitrogen and oxygen atoms in total. The highest BCUT2D eigenvalue weighted by atomic mass is 35.5. The highest BCUT2D eigenvalue weighted by Gasteiger charge is 2.23. The van der Waals surface area contributed by atoms with Gasteiger partial charge in [0.25, 0.3) is 5.91 Å². The van der Waals surface area contributed by atoms with Gasteiger partial charge in [0.15, 0.2) is 0 Å². The first-order chi connectivity index (χ1) is 13.9. The maximum atomic E-state index is 13.2. The van der Waals surface area contributed by atoms with Gasteiger partial charge in [-0.2, -0.15) is 0 Å². The predicted molar refractivity (Wildman–Crippen MR) is 113 cm³/mol. The monoisotopic (exact) mass is 434 g/mol. The number of aliphatic hydroxyl groups excluding tert-OH is 1. The molecular weight excluding hydrogens is 415 g/mol. The summed E-state index contributed by atoms with van der Waals surface area (Å²) in [5, 5.41) is 13.2. The maximum Gasteiger partial charge on any atom is 0.262 e. The van der Waals surface area contributed by atoms with Gasteiger partial charge in [0.05, 0.1) is 30.7 Å². The third-order valence-corrected chi connectivity index (χ3v) is 5.22. The van der Waals surface area contributed by atoms with Crippen LogP contribution in [0.15, 0.2) is 36.4 Å². The maximum absolute atomic E-state index is 13.2. The van der Waals surface area contributed by atoms with Crippen molar-refractivity contribution in [3.05, 3.63) is 63.3 Å². The van der Waals surface area contributed by atoms with E-state index in [9.17, 15) is 9.59 Å². The lowest BCUT2D eigenvalue weighted by atomic mass is 10.1. The molecule has 0 bridgehead atoms. The quantitative estimate of drug-likeness (QED) is 0.620. The fourth-order valence-corrected chi connectivity index (χ4v) is 3.62. The Bertz CT molecular complexity index is 1070. The van der Waals surface area contributed by atoms with Crippen molar-refractivity contribution in [1.29, 1.82) is 0 Å². The van der Waals surface area contributed by atoms with Crippen LogP contribution in [0, 0.1) is 6.92 Å². The number of carbonyl (C=O) groups excluding carboxylic acids is 2. The number of benzene rings is 2. The number of aromatic nitrogens is 1. The highest BCUT2D eigenvalue weighted by molar-refractivity contribution is 6.33. The second-order valence-electron chi connectivity index (χ2n) is 6.47. The molecule has 8 heteroatoms. The van der Waals surface area contributed by atoms with E-state index >= 15 is 0 Å². The first-order valence-corrected chi connectivity index (χ1v) is 9.68. The van der Waals surface area contributed by atoms with Gasteiger partial charge in [-0.25, -0.2) is 0 Å². The number of methoxy groups -OCH3 is 1. The minimum Gasteiger partial charge on any atom is -0.495 e. The number of hydrogen-bond acceptors (Lipinski definition) is 4. The van der Waals surface area contributed by atoms with Gasteiger partial charge in [-0.15, -0.1) is 0 Å². The molecule has 1 aromatic heterocycles. The van der Waals surface area contributed by atoms with Crippen molar-refractivity contribution in [2.45, 2.75) is 13.3 Å². The van der Waals surface area contributed by atoms with E-state index in [0.717, 1.165) is 0 Å². The molecule has 0 saturated carbocycles. The molecule has 1 amide bonds. The van der Waals surface area contributed by atoms with Gasteiger partial charge >= 0.3 is 0 Å². The van der Waals surface area contributed by atoms with E-state index < -0.39 is 0 Å². The summed E-state index contributed by atoms with van der Waals surface area (Å²) in [6, 6.07) is 9.98. The summed E-state index contributed by atoms with van der Waals surface area (Å²) in [6.45, 7) is 1.79. The van der Waals surface area contributed by atoms with E-state index in [1.807, 2.05) is 0 Å². The van der Waals surface area contributed by atoms with E-state index in [2.05, 4.69) is 5.32 Å². The molecule has 3 aromatic rings. The number of aliphatic hydroxyl groups is 1. The van der Waals surface area contributed by atoms with Gasteiger partial charge in [-0.3, -0.25) is 14.2 Å². The average Bonchev–Trinajstić information content (AvgIpc) is 2.96. The summed E-state index contributed by atoms with van der Waals surface area (Å²) < 4.78 is 6.85. The second-order valence-corrected chi connectivity index (χ2v) is 7.31. The topological polar surface area (TPSA) is 80.6 Å². The zero-order chi connectivity index (χ0) is 21.1. The summed E-state index contributed by atoms with van der Waals surface area (Å²) in [4.78, 5) is 25.5. The lowest BCUT2D eigenvalue weighted by Gasteiger charge is -2.09. The largest absolute Gasteiger partial charge is 0.495 e. The molecule has 0 saturated heterocycles. The van der Waals surface area contributed by atoms with Crippen LogP contribution < -0.4 is 10.1 Å². The van der Waals surface area contributed by atoms with Gasteiger partial charge in [-0.05, 0) is 48.9 Å². The first-order valence-electron chi connectivity index (χ1n) is 8.92. The summed E-state index contributed by atoms with van der Waals surface area (Å²) in [5.74, 6) is -0.0613. The molecule has 2 aromatic carbocycles. The number of rotatable bonds is 6. The van der Waals surface area contributed by atoms with Crippen LogP contribution in [-0.2, 0) is 11.2 Å². The summed E-state index contributed by atoms with van der Waals surface area (Å²) >= 11 is 12.2. The Balaban J connectivity index is 2.17. The molecule has 0 unspecified atom stereocenters. The molecule has 0 spiro atoms. The summed E-state index contributed by atoms with van der Waals surface area (Å²) in [7, 11) is 1.50. The smallest absolute Gasteiger partial charge is 0.262 e. The molecule has 1 heterocycles. The zero-order valence-electron chi connectivity index (χ0n) is 16.0. The Morgan fingerprint density at radius 3 is 2.48 bits per heavy atom. The van der Waals surface area contributed by atoms with E-state index in [-0.39, 0.29) is 31.4 Å². The van der Waals surface area contributed by atoms with E-state index in [1.54, 1.807) is 47.9 Å². The van der Waals surface area contributed by atoms with Gasteiger partial charge in [-0.1, -0.05) is 23.2 Å². The normalized spacial score (nSPS) is 10.9. The Kier molecular flexibility index (Phi) is 6.47. The number of amides is 1. The molecule has 0 radical (unpaired) electrons. The van der Waals surface area contributed by atoms with Gasteiger partial charge in [0.2, 0.25) is 5.91 Å². The van der Waals surface area contributed by atoms with E-state index in [0.29, 0.717) is 43.5 Å². The fraction of sp³-hybridized carbons (Fsp3) is 0.238. The molecule has 0 aliphatic rings. The van der Waals surface area contributed by atoms with Crippen molar-refractivity contribution in [1.82, 2.24) is 9.88 Å². The molecule has 29 heavy (non-hydrogen) atoms. The van der Waals surface area contributed by atoms with Crippen molar-refractivity contribution >= 4 is 45.9 Å². The highest BCUT2D eigenvalue weighted by Crippen LogP contribution is 2.35. The number of ether oxygens (including phenoxy) is 1. The molecule has 0 aliphatic heterocycles. The fourth-order valence-electron chi connectivity index (χ4n) is 3.26. The third kappa shape index (κ3) is 4.24. The Hall–Kier alpha value is -2.54. The number of hydrogen-bond donors (Lipinski definition) is 2. The van der Waals surface area contributed by atoms with Crippen LogP contribution in [-0.4, -0.2) is 41.7 Å². The summed E-state index contributed by atoms with van der Waals surface area (Å²) in [5.41, 5.74) is 2.35.